The summed E-state index contributed by atoms with van der Waals surface area (Å²) in [6, 6.07) is 0. The van der Waals surface area contributed by atoms with E-state index in [-0.39, 0.29) is 22.2 Å². The van der Waals surface area contributed by atoms with Crippen molar-refractivity contribution in [2.45, 2.75) is 42.6 Å². The molecule has 19 heavy (non-hydrogen) atoms. The Labute approximate surface area is 112 Å². The number of Topliss-reactive ketones (excluding diaryl/α,β-unsaturated/α-hetero) is 1. The molecule has 6 heteroatoms. The van der Waals surface area contributed by atoms with Gasteiger partial charge in [0.05, 0.1) is 16.1 Å². The van der Waals surface area contributed by atoms with E-state index >= 15 is 0 Å². The van der Waals surface area contributed by atoms with Crippen LogP contribution in [0.15, 0.2) is 18.7 Å². The fraction of sp³-hybridized carbons (Fsp3) is 0.615. The van der Waals surface area contributed by atoms with Crippen molar-refractivity contribution in [2.75, 3.05) is 0 Å². The van der Waals surface area contributed by atoms with Gasteiger partial charge in [0, 0.05) is 18.3 Å². The smallest absolute Gasteiger partial charge is 0.169 e. The van der Waals surface area contributed by atoms with Gasteiger partial charge in [-0.15, -0.1) is 0 Å². The van der Waals surface area contributed by atoms with Crippen molar-refractivity contribution in [1.29, 1.82) is 0 Å². The topological polar surface area (TPSA) is 77.0 Å². The fourth-order valence-corrected chi connectivity index (χ4v) is 5.82. The van der Waals surface area contributed by atoms with Crippen LogP contribution < -0.4 is 0 Å². The van der Waals surface area contributed by atoms with Crippen molar-refractivity contribution in [1.82, 2.24) is 9.97 Å². The first-order valence-electron chi connectivity index (χ1n) is 6.61. The van der Waals surface area contributed by atoms with Gasteiger partial charge in [-0.25, -0.2) is 18.4 Å². The third-order valence-electron chi connectivity index (χ3n) is 4.29. The van der Waals surface area contributed by atoms with E-state index in [4.69, 9.17) is 0 Å². The van der Waals surface area contributed by atoms with Gasteiger partial charge in [0.25, 0.3) is 0 Å². The van der Waals surface area contributed by atoms with Gasteiger partial charge in [0.1, 0.15) is 6.33 Å². The highest BCUT2D eigenvalue weighted by molar-refractivity contribution is 7.92. The summed E-state index contributed by atoms with van der Waals surface area (Å²) >= 11 is 0. The Morgan fingerprint density at radius 2 is 1.68 bits per heavy atom. The molecule has 2 bridgehead atoms. The standard InChI is InChI=1S/C13H16N2O3S/c16-13(10-6-14-8-15-7-10)9-4-11-2-1-3-12(5-9)19(11,17)18/h6-9,11-12H,1-5H2. The number of carbonyl (C=O) groups is 1. The van der Waals surface area contributed by atoms with Crippen LogP contribution in [-0.2, 0) is 9.84 Å². The lowest BCUT2D eigenvalue weighted by Crippen LogP contribution is -2.45. The van der Waals surface area contributed by atoms with Gasteiger partial charge in [-0.2, -0.15) is 0 Å². The molecule has 0 aromatic carbocycles. The number of rotatable bonds is 2. The summed E-state index contributed by atoms with van der Waals surface area (Å²) in [5.41, 5.74) is 0.491. The summed E-state index contributed by atoms with van der Waals surface area (Å²) < 4.78 is 24.3. The maximum absolute atomic E-state index is 12.4. The Bertz CT molecular complexity index is 565. The maximum Gasteiger partial charge on any atom is 0.169 e. The van der Waals surface area contributed by atoms with Gasteiger partial charge in [-0.1, -0.05) is 6.42 Å². The van der Waals surface area contributed by atoms with Crippen LogP contribution in [0.1, 0.15) is 42.5 Å². The molecule has 2 aliphatic heterocycles. The molecule has 2 saturated heterocycles. The lowest BCUT2D eigenvalue weighted by molar-refractivity contribution is 0.0893. The summed E-state index contributed by atoms with van der Waals surface area (Å²) in [4.78, 5) is 20.1. The molecule has 0 N–H and O–H groups in total. The molecule has 0 aliphatic carbocycles. The maximum atomic E-state index is 12.4. The zero-order valence-electron chi connectivity index (χ0n) is 10.5. The average molecular weight is 280 g/mol. The van der Waals surface area contributed by atoms with Gasteiger partial charge in [-0.05, 0) is 25.7 Å². The number of fused-ring (bicyclic) bond motifs is 2. The van der Waals surface area contributed by atoms with Crippen LogP contribution in [-0.4, -0.2) is 34.7 Å². The highest BCUT2D eigenvalue weighted by Crippen LogP contribution is 2.40. The normalized spacial score (nSPS) is 32.7. The molecule has 0 spiro atoms. The van der Waals surface area contributed by atoms with Crippen molar-refractivity contribution in [3.05, 3.63) is 24.3 Å². The van der Waals surface area contributed by atoms with E-state index in [1.165, 1.54) is 18.7 Å². The minimum atomic E-state index is -3.00. The van der Waals surface area contributed by atoms with Gasteiger partial charge in [0.2, 0.25) is 0 Å². The van der Waals surface area contributed by atoms with E-state index in [1.54, 1.807) is 0 Å². The first-order chi connectivity index (χ1) is 9.09. The van der Waals surface area contributed by atoms with E-state index in [1.807, 2.05) is 0 Å². The van der Waals surface area contributed by atoms with Crippen LogP contribution in [0.2, 0.25) is 0 Å². The monoisotopic (exact) mass is 280 g/mol. The molecule has 2 fully saturated rings. The molecule has 102 valence electrons. The first kappa shape index (κ1) is 12.7. The molecule has 3 rings (SSSR count). The van der Waals surface area contributed by atoms with Crippen molar-refractivity contribution in [3.63, 3.8) is 0 Å². The van der Waals surface area contributed by atoms with Gasteiger partial charge in [-0.3, -0.25) is 4.79 Å². The highest BCUT2D eigenvalue weighted by atomic mass is 32.2. The second kappa shape index (κ2) is 4.67. The van der Waals surface area contributed by atoms with Gasteiger partial charge >= 0.3 is 0 Å². The molecule has 1 aromatic rings. The van der Waals surface area contributed by atoms with Crippen LogP contribution in [0.3, 0.4) is 0 Å². The quantitative estimate of drug-likeness (QED) is 0.765. The van der Waals surface area contributed by atoms with Crippen LogP contribution in [0.4, 0.5) is 0 Å². The molecule has 2 aliphatic rings. The highest BCUT2D eigenvalue weighted by Gasteiger charge is 2.46. The summed E-state index contributed by atoms with van der Waals surface area (Å²) in [6.45, 7) is 0. The lowest BCUT2D eigenvalue weighted by Gasteiger charge is -2.38. The van der Waals surface area contributed by atoms with E-state index in [0.717, 1.165) is 6.42 Å². The van der Waals surface area contributed by atoms with Crippen LogP contribution in [0.5, 0.6) is 0 Å². The lowest BCUT2D eigenvalue weighted by atomic mass is 9.85. The Morgan fingerprint density at radius 3 is 2.26 bits per heavy atom. The zero-order valence-corrected chi connectivity index (χ0v) is 11.3. The number of nitrogens with zero attached hydrogens (tertiary/aromatic N) is 2. The molecule has 0 saturated carbocycles. The average Bonchev–Trinajstić information content (AvgIpc) is 2.37. The first-order valence-corrected chi connectivity index (χ1v) is 8.22. The molecule has 0 radical (unpaired) electrons. The van der Waals surface area contributed by atoms with Gasteiger partial charge < -0.3 is 0 Å². The Kier molecular flexibility index (Phi) is 3.12. The van der Waals surface area contributed by atoms with Gasteiger partial charge in [0.15, 0.2) is 15.6 Å². The van der Waals surface area contributed by atoms with Crippen molar-refractivity contribution in [2.24, 2.45) is 5.92 Å². The number of sulfone groups is 1. The van der Waals surface area contributed by atoms with Crippen molar-refractivity contribution in [3.8, 4) is 0 Å². The third-order valence-corrected chi connectivity index (χ3v) is 7.01. The number of carbonyl (C=O) groups excluding carboxylic acids is 1. The van der Waals surface area contributed by atoms with Crippen molar-refractivity contribution >= 4 is 15.6 Å². The Balaban J connectivity index is 1.84. The molecule has 3 heterocycles. The second-order valence-electron chi connectivity index (χ2n) is 5.42. The molecule has 0 amide bonds. The zero-order chi connectivity index (χ0) is 13.5. The molecular weight excluding hydrogens is 264 g/mol. The molecule has 5 nitrogen and oxygen atoms in total. The Morgan fingerprint density at radius 1 is 1.11 bits per heavy atom. The Hall–Kier alpha value is -1.30. The summed E-state index contributed by atoms with van der Waals surface area (Å²) in [5, 5.41) is -0.642. The predicted octanol–water partition coefficient (Wildman–Crippen LogP) is 1.41. The van der Waals surface area contributed by atoms with E-state index in [0.29, 0.717) is 31.2 Å². The largest absolute Gasteiger partial charge is 0.294 e. The molecular formula is C13H16N2O3S. The van der Waals surface area contributed by atoms with E-state index in [2.05, 4.69) is 9.97 Å². The fourth-order valence-electron chi connectivity index (χ4n) is 3.28. The number of aromatic nitrogens is 2. The minimum Gasteiger partial charge on any atom is -0.294 e. The molecule has 2 atom stereocenters. The number of hydrogen-bond donors (Lipinski definition) is 0. The second-order valence-corrected chi connectivity index (χ2v) is 7.94. The minimum absolute atomic E-state index is 0.00704. The summed E-state index contributed by atoms with van der Waals surface area (Å²) in [6.07, 6.45) is 7.70. The predicted molar refractivity (Wildman–Crippen MR) is 69.4 cm³/mol. The summed E-state index contributed by atoms with van der Waals surface area (Å²) in [7, 11) is -3.00. The van der Waals surface area contributed by atoms with E-state index in [9.17, 15) is 13.2 Å². The van der Waals surface area contributed by atoms with Crippen LogP contribution in [0, 0.1) is 5.92 Å². The number of hydrogen-bond acceptors (Lipinski definition) is 5. The SMILES string of the molecule is O=C(c1cncnc1)C1CC2CCCC(C1)S2(=O)=O. The van der Waals surface area contributed by atoms with Crippen LogP contribution in [0.25, 0.3) is 0 Å². The van der Waals surface area contributed by atoms with Crippen LogP contribution >= 0.6 is 0 Å². The van der Waals surface area contributed by atoms with Crippen molar-refractivity contribution < 1.29 is 13.2 Å². The van der Waals surface area contributed by atoms with E-state index < -0.39 is 9.84 Å². The number of ketones is 1. The molecule has 2 unspecified atom stereocenters. The molecule has 1 aromatic heterocycles. The summed E-state index contributed by atoms with van der Waals surface area (Å²) in [5.74, 6) is -0.197. The third kappa shape index (κ3) is 2.18.